The van der Waals surface area contributed by atoms with Crippen LogP contribution < -0.4 is 5.32 Å². The number of unbranched alkanes of at least 4 members (excludes halogenated alkanes) is 2. The number of urea groups is 1. The molecule has 1 heterocycles. The Balaban J connectivity index is 2.34. The SMILES string of the molecule is C#CCCCCNC(=O)N1CCCCC1C(=O)O. The molecule has 2 amide bonds. The molecule has 1 aliphatic rings. The Kier molecular flexibility index (Phi) is 6.06. The van der Waals surface area contributed by atoms with E-state index in [-0.39, 0.29) is 6.03 Å². The summed E-state index contributed by atoms with van der Waals surface area (Å²) in [6.07, 6.45) is 9.80. The minimum Gasteiger partial charge on any atom is -0.480 e. The predicted molar refractivity (Wildman–Crippen MR) is 68.1 cm³/mol. The molecule has 0 aromatic rings. The van der Waals surface area contributed by atoms with Crippen molar-refractivity contribution < 1.29 is 14.7 Å². The highest BCUT2D eigenvalue weighted by Gasteiger charge is 2.31. The van der Waals surface area contributed by atoms with Gasteiger partial charge in [-0.15, -0.1) is 12.3 Å². The van der Waals surface area contributed by atoms with Crippen LogP contribution in [0.1, 0.15) is 38.5 Å². The van der Waals surface area contributed by atoms with Crippen molar-refractivity contribution in [2.75, 3.05) is 13.1 Å². The number of nitrogens with one attached hydrogen (secondary N) is 1. The van der Waals surface area contributed by atoms with Crippen LogP contribution >= 0.6 is 0 Å². The number of nitrogens with zero attached hydrogens (tertiary/aromatic N) is 1. The summed E-state index contributed by atoms with van der Waals surface area (Å²) in [4.78, 5) is 24.3. The number of piperidine rings is 1. The van der Waals surface area contributed by atoms with E-state index in [1.54, 1.807) is 0 Å². The fraction of sp³-hybridized carbons (Fsp3) is 0.692. The zero-order chi connectivity index (χ0) is 13.4. The van der Waals surface area contributed by atoms with Gasteiger partial charge in [-0.3, -0.25) is 0 Å². The Morgan fingerprint density at radius 1 is 1.39 bits per heavy atom. The van der Waals surface area contributed by atoms with Crippen LogP contribution in [0.2, 0.25) is 0 Å². The first-order chi connectivity index (χ1) is 8.66. The van der Waals surface area contributed by atoms with Crippen molar-refractivity contribution in [2.45, 2.75) is 44.6 Å². The molecule has 1 saturated heterocycles. The lowest BCUT2D eigenvalue weighted by Crippen LogP contribution is -2.52. The van der Waals surface area contributed by atoms with E-state index in [1.165, 1.54) is 4.90 Å². The van der Waals surface area contributed by atoms with Crippen molar-refractivity contribution in [3.8, 4) is 12.3 Å². The van der Waals surface area contributed by atoms with Gasteiger partial charge in [0.15, 0.2) is 0 Å². The van der Waals surface area contributed by atoms with Gasteiger partial charge in [0.1, 0.15) is 6.04 Å². The molecule has 18 heavy (non-hydrogen) atoms. The Bertz CT molecular complexity index is 336. The number of carbonyl (C=O) groups excluding carboxylic acids is 1. The number of likely N-dealkylation sites (tertiary alicyclic amines) is 1. The smallest absolute Gasteiger partial charge is 0.326 e. The first kappa shape index (κ1) is 14.4. The highest BCUT2D eigenvalue weighted by Crippen LogP contribution is 2.17. The lowest BCUT2D eigenvalue weighted by atomic mass is 10.0. The van der Waals surface area contributed by atoms with Crippen molar-refractivity contribution >= 4 is 12.0 Å². The third-order valence-electron chi connectivity index (χ3n) is 3.07. The number of carboxylic acid groups (broad SMARTS) is 1. The van der Waals surface area contributed by atoms with Gasteiger partial charge in [-0.05, 0) is 32.1 Å². The third kappa shape index (κ3) is 4.28. The molecule has 100 valence electrons. The van der Waals surface area contributed by atoms with E-state index in [4.69, 9.17) is 11.5 Å². The molecule has 1 fully saturated rings. The average Bonchev–Trinajstić information content (AvgIpc) is 2.38. The zero-order valence-electron chi connectivity index (χ0n) is 10.5. The first-order valence-electron chi connectivity index (χ1n) is 6.37. The molecule has 0 saturated carbocycles. The van der Waals surface area contributed by atoms with E-state index in [0.29, 0.717) is 25.9 Å². The van der Waals surface area contributed by atoms with E-state index in [0.717, 1.165) is 25.7 Å². The molecular weight excluding hydrogens is 232 g/mol. The highest BCUT2D eigenvalue weighted by molar-refractivity contribution is 5.82. The van der Waals surface area contributed by atoms with Gasteiger partial charge in [-0.2, -0.15) is 0 Å². The Labute approximate surface area is 108 Å². The summed E-state index contributed by atoms with van der Waals surface area (Å²) in [5.74, 6) is 1.62. The molecule has 0 aliphatic carbocycles. The van der Waals surface area contributed by atoms with Crippen molar-refractivity contribution in [1.29, 1.82) is 0 Å². The van der Waals surface area contributed by atoms with Gasteiger partial charge in [0, 0.05) is 19.5 Å². The summed E-state index contributed by atoms with van der Waals surface area (Å²) in [6.45, 7) is 1.07. The number of rotatable bonds is 5. The second-order valence-corrected chi connectivity index (χ2v) is 4.44. The fourth-order valence-corrected chi connectivity index (χ4v) is 2.08. The molecule has 0 radical (unpaired) electrons. The van der Waals surface area contributed by atoms with Gasteiger partial charge < -0.3 is 15.3 Å². The maximum absolute atomic E-state index is 11.9. The molecule has 1 rings (SSSR count). The van der Waals surface area contributed by atoms with Crippen molar-refractivity contribution in [3.05, 3.63) is 0 Å². The quantitative estimate of drug-likeness (QED) is 0.574. The number of hydrogen-bond acceptors (Lipinski definition) is 2. The summed E-state index contributed by atoms with van der Waals surface area (Å²) in [5.41, 5.74) is 0. The topological polar surface area (TPSA) is 69.6 Å². The van der Waals surface area contributed by atoms with E-state index >= 15 is 0 Å². The van der Waals surface area contributed by atoms with Crippen LogP contribution in [-0.4, -0.2) is 41.1 Å². The van der Waals surface area contributed by atoms with Crippen LogP contribution in [0.4, 0.5) is 4.79 Å². The van der Waals surface area contributed by atoms with E-state index in [2.05, 4.69) is 11.2 Å². The maximum atomic E-state index is 11.9. The molecule has 0 aromatic heterocycles. The normalized spacial score (nSPS) is 19.1. The number of aliphatic carboxylic acids is 1. The molecule has 0 aromatic carbocycles. The number of carbonyl (C=O) groups is 2. The summed E-state index contributed by atoms with van der Waals surface area (Å²) in [5, 5.41) is 11.8. The molecule has 0 bridgehead atoms. The zero-order valence-corrected chi connectivity index (χ0v) is 10.5. The molecule has 1 atom stereocenters. The average molecular weight is 252 g/mol. The van der Waals surface area contributed by atoms with Crippen LogP contribution in [0.25, 0.3) is 0 Å². The molecule has 1 aliphatic heterocycles. The van der Waals surface area contributed by atoms with Gasteiger partial charge in [-0.1, -0.05) is 0 Å². The lowest BCUT2D eigenvalue weighted by molar-refractivity contribution is -0.143. The predicted octanol–water partition coefficient (Wildman–Crippen LogP) is 1.44. The second-order valence-electron chi connectivity index (χ2n) is 4.44. The van der Waals surface area contributed by atoms with Gasteiger partial charge in [0.05, 0.1) is 0 Å². The Morgan fingerprint density at radius 2 is 2.17 bits per heavy atom. The van der Waals surface area contributed by atoms with Gasteiger partial charge in [0.2, 0.25) is 0 Å². The number of hydrogen-bond donors (Lipinski definition) is 2. The number of amides is 2. The molecule has 5 heteroatoms. The van der Waals surface area contributed by atoms with Crippen LogP contribution in [0.15, 0.2) is 0 Å². The monoisotopic (exact) mass is 252 g/mol. The Hall–Kier alpha value is -1.70. The summed E-state index contributed by atoms with van der Waals surface area (Å²) in [6, 6.07) is -0.952. The molecule has 5 nitrogen and oxygen atoms in total. The van der Waals surface area contributed by atoms with Crippen LogP contribution in [0, 0.1) is 12.3 Å². The summed E-state index contributed by atoms with van der Waals surface area (Å²) < 4.78 is 0. The van der Waals surface area contributed by atoms with Crippen LogP contribution in [0.5, 0.6) is 0 Å². The molecule has 2 N–H and O–H groups in total. The minimum absolute atomic E-state index is 0.275. The van der Waals surface area contributed by atoms with Gasteiger partial charge in [-0.25, -0.2) is 9.59 Å². The van der Waals surface area contributed by atoms with Crippen LogP contribution in [-0.2, 0) is 4.79 Å². The number of terminal acetylenes is 1. The second kappa shape index (κ2) is 7.59. The standard InChI is InChI=1S/C13H20N2O3/c1-2-3-4-6-9-14-13(18)15-10-7-5-8-11(15)12(16)17/h1,11H,3-10H2,(H,14,18)(H,16,17). The maximum Gasteiger partial charge on any atom is 0.326 e. The minimum atomic E-state index is -0.919. The van der Waals surface area contributed by atoms with Gasteiger partial charge in [0.25, 0.3) is 0 Å². The first-order valence-corrected chi connectivity index (χ1v) is 6.37. The largest absolute Gasteiger partial charge is 0.480 e. The molecular formula is C13H20N2O3. The van der Waals surface area contributed by atoms with Gasteiger partial charge >= 0.3 is 12.0 Å². The fourth-order valence-electron chi connectivity index (χ4n) is 2.08. The van der Waals surface area contributed by atoms with E-state index in [9.17, 15) is 9.59 Å². The van der Waals surface area contributed by atoms with Crippen LogP contribution in [0.3, 0.4) is 0 Å². The van der Waals surface area contributed by atoms with Crippen molar-refractivity contribution in [1.82, 2.24) is 10.2 Å². The Morgan fingerprint density at radius 3 is 2.83 bits per heavy atom. The molecule has 1 unspecified atom stereocenters. The van der Waals surface area contributed by atoms with Crippen molar-refractivity contribution in [2.24, 2.45) is 0 Å². The van der Waals surface area contributed by atoms with Crippen molar-refractivity contribution in [3.63, 3.8) is 0 Å². The highest BCUT2D eigenvalue weighted by atomic mass is 16.4. The van der Waals surface area contributed by atoms with E-state index < -0.39 is 12.0 Å². The summed E-state index contributed by atoms with van der Waals surface area (Å²) >= 11 is 0. The molecule has 0 spiro atoms. The third-order valence-corrected chi connectivity index (χ3v) is 3.07. The summed E-state index contributed by atoms with van der Waals surface area (Å²) in [7, 11) is 0. The van der Waals surface area contributed by atoms with E-state index in [1.807, 2.05) is 0 Å². The number of carboxylic acids is 1. The lowest BCUT2D eigenvalue weighted by Gasteiger charge is -2.32.